The Morgan fingerprint density at radius 2 is 1.93 bits per heavy atom. The van der Waals surface area contributed by atoms with Gasteiger partial charge in [0, 0.05) is 59.2 Å². The predicted molar refractivity (Wildman–Crippen MR) is 125 cm³/mol. The number of nitrogens with zero attached hydrogens (tertiary/aromatic N) is 4. The van der Waals surface area contributed by atoms with Crippen LogP contribution < -0.4 is 5.32 Å². The minimum atomic E-state index is 0. The molecule has 1 aliphatic rings. The Morgan fingerprint density at radius 1 is 1.18 bits per heavy atom. The Labute approximate surface area is 185 Å². The second-order valence-electron chi connectivity index (χ2n) is 7.08. The van der Waals surface area contributed by atoms with Gasteiger partial charge in [0.2, 0.25) is 0 Å². The van der Waals surface area contributed by atoms with Crippen molar-refractivity contribution in [2.45, 2.75) is 19.6 Å². The highest BCUT2D eigenvalue weighted by atomic mass is 127. The molecule has 28 heavy (non-hydrogen) atoms. The molecule has 0 aliphatic carbocycles. The zero-order valence-electron chi connectivity index (χ0n) is 17.1. The molecule has 3 rings (SSSR count). The molecular formula is C21H32IN5O. The zero-order chi connectivity index (χ0) is 19.1. The molecule has 1 fully saturated rings. The molecule has 1 aliphatic heterocycles. The minimum absolute atomic E-state index is 0. The number of halogens is 1. The second-order valence-corrected chi connectivity index (χ2v) is 7.08. The van der Waals surface area contributed by atoms with Crippen LogP contribution in [0.3, 0.4) is 0 Å². The summed E-state index contributed by atoms with van der Waals surface area (Å²) in [6.45, 7) is 6.27. The lowest BCUT2D eigenvalue weighted by Gasteiger charge is -2.26. The number of morpholine rings is 1. The number of benzene rings is 1. The van der Waals surface area contributed by atoms with Crippen LogP contribution in [0.2, 0.25) is 0 Å². The van der Waals surface area contributed by atoms with Gasteiger partial charge in [-0.2, -0.15) is 0 Å². The van der Waals surface area contributed by atoms with Gasteiger partial charge in [0.15, 0.2) is 5.96 Å². The first-order chi connectivity index (χ1) is 13.2. The summed E-state index contributed by atoms with van der Waals surface area (Å²) in [5, 5.41) is 3.48. The van der Waals surface area contributed by atoms with E-state index in [0.717, 1.165) is 51.9 Å². The number of aromatic nitrogens is 1. The van der Waals surface area contributed by atoms with E-state index < -0.39 is 0 Å². The molecule has 0 atom stereocenters. The van der Waals surface area contributed by atoms with Gasteiger partial charge < -0.3 is 19.5 Å². The van der Waals surface area contributed by atoms with Crippen LogP contribution >= 0.6 is 24.0 Å². The second kappa shape index (κ2) is 11.4. The molecule has 0 unspecified atom stereocenters. The topological polar surface area (TPSA) is 45.0 Å². The number of ether oxygens (including phenoxy) is 1. The average Bonchev–Trinajstić information content (AvgIpc) is 3.08. The van der Waals surface area contributed by atoms with Crippen LogP contribution in [0, 0.1) is 0 Å². The molecule has 2 aromatic rings. The van der Waals surface area contributed by atoms with Crippen molar-refractivity contribution in [3.05, 3.63) is 59.4 Å². The predicted octanol–water partition coefficient (Wildman–Crippen LogP) is 2.68. The highest BCUT2D eigenvalue weighted by Crippen LogP contribution is 2.10. The fourth-order valence-electron chi connectivity index (χ4n) is 3.40. The molecule has 0 spiro atoms. The summed E-state index contributed by atoms with van der Waals surface area (Å²) in [4.78, 5) is 9.02. The first kappa shape index (κ1) is 22.7. The molecule has 0 bridgehead atoms. The van der Waals surface area contributed by atoms with Crippen LogP contribution in [0.15, 0.2) is 47.6 Å². The Morgan fingerprint density at radius 3 is 2.61 bits per heavy atom. The summed E-state index contributed by atoms with van der Waals surface area (Å²) >= 11 is 0. The van der Waals surface area contributed by atoms with Crippen LogP contribution in [0.1, 0.15) is 16.8 Å². The Kier molecular flexibility index (Phi) is 9.27. The van der Waals surface area contributed by atoms with E-state index in [1.54, 1.807) is 0 Å². The maximum atomic E-state index is 5.43. The largest absolute Gasteiger partial charge is 0.379 e. The molecule has 154 valence electrons. The van der Waals surface area contributed by atoms with Crippen LogP contribution in [0.4, 0.5) is 0 Å². The average molecular weight is 497 g/mol. The summed E-state index contributed by atoms with van der Waals surface area (Å²) in [7, 11) is 5.97. The van der Waals surface area contributed by atoms with Crippen LogP contribution in [0.5, 0.6) is 0 Å². The van der Waals surface area contributed by atoms with Crippen LogP contribution in [-0.4, -0.2) is 60.7 Å². The van der Waals surface area contributed by atoms with E-state index >= 15 is 0 Å². The first-order valence-corrected chi connectivity index (χ1v) is 9.55. The SMILES string of the molecule is CN=C(NCc1cccc(CN2CCOCC2)c1)N(C)Cc1cccn1C.I. The van der Waals surface area contributed by atoms with Crippen molar-refractivity contribution in [3.63, 3.8) is 0 Å². The van der Waals surface area contributed by atoms with Gasteiger partial charge in [-0.1, -0.05) is 24.3 Å². The van der Waals surface area contributed by atoms with E-state index in [1.165, 1.54) is 16.8 Å². The van der Waals surface area contributed by atoms with Crippen molar-refractivity contribution in [1.82, 2.24) is 19.7 Å². The third-order valence-electron chi connectivity index (χ3n) is 4.98. The number of hydrogen-bond acceptors (Lipinski definition) is 3. The highest BCUT2D eigenvalue weighted by molar-refractivity contribution is 14.0. The highest BCUT2D eigenvalue weighted by Gasteiger charge is 2.11. The minimum Gasteiger partial charge on any atom is -0.379 e. The first-order valence-electron chi connectivity index (χ1n) is 9.55. The number of rotatable bonds is 6. The van der Waals surface area contributed by atoms with Crippen molar-refractivity contribution < 1.29 is 4.74 Å². The monoisotopic (exact) mass is 497 g/mol. The smallest absolute Gasteiger partial charge is 0.194 e. The van der Waals surface area contributed by atoms with Crippen LogP contribution in [-0.2, 0) is 31.4 Å². The van der Waals surface area contributed by atoms with Gasteiger partial charge >= 0.3 is 0 Å². The molecule has 0 amide bonds. The normalized spacial score (nSPS) is 15.2. The summed E-state index contributed by atoms with van der Waals surface area (Å²) in [5.41, 5.74) is 3.88. The summed E-state index contributed by atoms with van der Waals surface area (Å²) in [6, 6.07) is 13.0. The van der Waals surface area contributed by atoms with Crippen molar-refractivity contribution in [2.24, 2.45) is 12.0 Å². The molecule has 6 nitrogen and oxygen atoms in total. The van der Waals surface area contributed by atoms with E-state index in [9.17, 15) is 0 Å². The van der Waals surface area contributed by atoms with E-state index in [2.05, 4.69) is 81.4 Å². The summed E-state index contributed by atoms with van der Waals surface area (Å²) in [6.07, 6.45) is 2.07. The molecule has 1 N–H and O–H groups in total. The van der Waals surface area contributed by atoms with Gasteiger partial charge in [-0.15, -0.1) is 24.0 Å². The van der Waals surface area contributed by atoms with Gasteiger partial charge in [0.1, 0.15) is 0 Å². The number of guanidine groups is 1. The maximum absolute atomic E-state index is 5.43. The lowest BCUT2D eigenvalue weighted by atomic mass is 10.1. The lowest BCUT2D eigenvalue weighted by molar-refractivity contribution is 0.0342. The van der Waals surface area contributed by atoms with Crippen LogP contribution in [0.25, 0.3) is 0 Å². The van der Waals surface area contributed by atoms with Gasteiger partial charge in [-0.3, -0.25) is 9.89 Å². The maximum Gasteiger partial charge on any atom is 0.194 e. The molecular weight excluding hydrogens is 465 g/mol. The van der Waals surface area contributed by atoms with E-state index in [4.69, 9.17) is 4.74 Å². The molecule has 2 heterocycles. The van der Waals surface area contributed by atoms with Gasteiger partial charge in [0.25, 0.3) is 0 Å². The molecule has 0 radical (unpaired) electrons. The van der Waals surface area contributed by atoms with Gasteiger partial charge in [-0.25, -0.2) is 0 Å². The van der Waals surface area contributed by atoms with Gasteiger partial charge in [-0.05, 0) is 23.3 Å². The van der Waals surface area contributed by atoms with Crippen molar-refractivity contribution >= 4 is 29.9 Å². The number of nitrogens with one attached hydrogen (secondary N) is 1. The lowest BCUT2D eigenvalue weighted by Crippen LogP contribution is -2.38. The Bertz CT molecular complexity index is 755. The van der Waals surface area contributed by atoms with Crippen molar-refractivity contribution in [3.8, 4) is 0 Å². The number of hydrogen-bond donors (Lipinski definition) is 1. The summed E-state index contributed by atoms with van der Waals surface area (Å²) in [5.74, 6) is 0.898. The fourth-order valence-corrected chi connectivity index (χ4v) is 3.40. The standard InChI is InChI=1S/C21H31N5O.HI/c1-22-21(25(3)17-20-8-5-9-24(20)2)23-15-18-6-4-7-19(14-18)16-26-10-12-27-13-11-26;/h4-9,14H,10-13,15-17H2,1-3H3,(H,22,23);1H. The molecule has 1 aromatic heterocycles. The van der Waals surface area contributed by atoms with Gasteiger partial charge in [0.05, 0.1) is 19.8 Å². The molecule has 0 saturated carbocycles. The number of aliphatic imine (C=N–C) groups is 1. The van der Waals surface area contributed by atoms with E-state index in [0.29, 0.717) is 0 Å². The molecule has 7 heteroatoms. The Hall–Kier alpha value is -1.58. The van der Waals surface area contributed by atoms with Crippen molar-refractivity contribution in [1.29, 1.82) is 0 Å². The zero-order valence-corrected chi connectivity index (χ0v) is 19.4. The third-order valence-corrected chi connectivity index (χ3v) is 4.98. The summed E-state index contributed by atoms with van der Waals surface area (Å²) < 4.78 is 7.57. The van der Waals surface area contributed by atoms with E-state index in [1.807, 2.05) is 7.05 Å². The van der Waals surface area contributed by atoms with Crippen molar-refractivity contribution in [2.75, 3.05) is 40.4 Å². The Balaban J connectivity index is 0.00000280. The molecule has 1 saturated heterocycles. The quantitative estimate of drug-likeness (QED) is 0.379. The fraction of sp³-hybridized carbons (Fsp3) is 0.476. The number of aryl methyl sites for hydroxylation is 1. The van der Waals surface area contributed by atoms with E-state index in [-0.39, 0.29) is 24.0 Å². The molecule has 1 aromatic carbocycles. The third kappa shape index (κ3) is 6.49.